The van der Waals surface area contributed by atoms with E-state index in [0.29, 0.717) is 33.0 Å². The van der Waals surface area contributed by atoms with Crippen molar-refractivity contribution in [3.63, 3.8) is 0 Å². The van der Waals surface area contributed by atoms with E-state index < -0.39 is 40.6 Å². The number of ether oxygens (including phenoxy) is 6. The molecule has 4 rings (SSSR count). The lowest BCUT2D eigenvalue weighted by molar-refractivity contribution is -0.326. The van der Waals surface area contributed by atoms with Crippen LogP contribution in [0.4, 0.5) is 4.79 Å². The number of carbonyl (C=O) groups excluding carboxylic acids is 1. The molecule has 1 aliphatic rings. The van der Waals surface area contributed by atoms with Crippen LogP contribution in [0.3, 0.4) is 0 Å². The Bertz CT molecular complexity index is 1300. The molecular formula is C36H44Cl3NO8. The summed E-state index contributed by atoms with van der Waals surface area (Å²) in [6.45, 7) is 1.16. The van der Waals surface area contributed by atoms with Crippen LogP contribution in [0.2, 0.25) is 0 Å². The van der Waals surface area contributed by atoms with E-state index in [4.69, 9.17) is 63.2 Å². The smallest absolute Gasteiger partial charge is 0.407 e. The number of nitrogens with one attached hydrogen (secondary N) is 1. The van der Waals surface area contributed by atoms with Crippen molar-refractivity contribution >= 4 is 40.9 Å². The van der Waals surface area contributed by atoms with Gasteiger partial charge in [0, 0.05) is 13.2 Å². The Morgan fingerprint density at radius 3 is 1.71 bits per heavy atom. The monoisotopic (exact) mass is 723 g/mol. The molecule has 3 aromatic carbocycles. The highest BCUT2D eigenvalue weighted by Gasteiger charge is 2.48. The predicted octanol–water partition coefficient (Wildman–Crippen LogP) is 7.13. The maximum Gasteiger partial charge on any atom is 0.407 e. The number of carbonyl (C=O) groups is 1. The van der Waals surface area contributed by atoms with Gasteiger partial charge in [0.25, 0.3) is 0 Å². The highest BCUT2D eigenvalue weighted by molar-refractivity contribution is 6.67. The molecule has 1 aliphatic heterocycles. The molecule has 0 aromatic heterocycles. The topological polar surface area (TPSA) is 105 Å². The van der Waals surface area contributed by atoms with Gasteiger partial charge in [0.15, 0.2) is 6.29 Å². The average Bonchev–Trinajstić information content (AvgIpc) is 3.10. The molecule has 262 valence electrons. The SMILES string of the molecule is O=C(NCCCCCCO[C@@H]1O[C@H](CO)[C@H](OCc2ccccc2)[C@H](OCc2ccccc2)[C@H]1OCc1ccccc1)OCC(Cl)(Cl)Cl. The third-order valence-corrected chi connectivity index (χ3v) is 7.94. The second kappa shape index (κ2) is 20.9. The normalized spacial score (nSPS) is 21.1. The van der Waals surface area contributed by atoms with Crippen molar-refractivity contribution in [2.45, 2.75) is 80.0 Å². The van der Waals surface area contributed by atoms with Crippen molar-refractivity contribution in [3.05, 3.63) is 108 Å². The first-order valence-electron chi connectivity index (χ1n) is 16.1. The quantitative estimate of drug-likeness (QED) is 0.0995. The summed E-state index contributed by atoms with van der Waals surface area (Å²) in [5.41, 5.74) is 2.98. The first-order valence-corrected chi connectivity index (χ1v) is 17.3. The van der Waals surface area contributed by atoms with Gasteiger partial charge < -0.3 is 38.8 Å². The standard InChI is InChI=1S/C36H44Cl3NO8/c37-36(38,39)26-47-35(42)40-20-12-1-2-13-21-43-34-33(46-25-29-18-10-5-11-19-29)32(45-24-28-16-8-4-9-17-28)31(30(22-41)48-34)44-23-27-14-6-3-7-15-27/h3-11,14-19,30-34,41H,1-2,12-13,20-26H2,(H,40,42)/t30-,31+,32+,33-,34-/m1/s1. The third kappa shape index (κ3) is 13.8. The van der Waals surface area contributed by atoms with E-state index in [0.717, 1.165) is 42.4 Å². The fourth-order valence-corrected chi connectivity index (χ4v) is 5.36. The van der Waals surface area contributed by atoms with E-state index in [9.17, 15) is 9.90 Å². The van der Waals surface area contributed by atoms with E-state index in [2.05, 4.69) is 5.32 Å². The number of unbranched alkanes of at least 4 members (excludes halogenated alkanes) is 3. The summed E-state index contributed by atoms with van der Waals surface area (Å²) in [4.78, 5) is 11.7. The largest absolute Gasteiger partial charge is 0.445 e. The summed E-state index contributed by atoms with van der Waals surface area (Å²) in [7, 11) is 0. The van der Waals surface area contributed by atoms with Gasteiger partial charge in [-0.2, -0.15) is 0 Å². The second-order valence-electron chi connectivity index (χ2n) is 11.4. The molecule has 0 unspecified atom stereocenters. The van der Waals surface area contributed by atoms with Gasteiger partial charge in [-0.05, 0) is 29.5 Å². The number of amides is 1. The molecule has 0 aliphatic carbocycles. The van der Waals surface area contributed by atoms with E-state index in [1.165, 1.54) is 0 Å². The lowest BCUT2D eigenvalue weighted by Crippen LogP contribution is -2.61. The third-order valence-electron chi connectivity index (χ3n) is 7.62. The number of rotatable bonds is 19. The van der Waals surface area contributed by atoms with Crippen molar-refractivity contribution in [3.8, 4) is 0 Å². The molecule has 5 atom stereocenters. The van der Waals surface area contributed by atoms with Gasteiger partial charge in [-0.25, -0.2) is 4.79 Å². The minimum atomic E-state index is -1.65. The van der Waals surface area contributed by atoms with Crippen LogP contribution < -0.4 is 5.32 Å². The van der Waals surface area contributed by atoms with Crippen LogP contribution in [0, 0.1) is 0 Å². The maximum atomic E-state index is 11.7. The van der Waals surface area contributed by atoms with Crippen LogP contribution in [0.15, 0.2) is 91.0 Å². The molecule has 3 aromatic rings. The Labute approximate surface area is 297 Å². The second-order valence-corrected chi connectivity index (χ2v) is 13.9. The number of aliphatic hydroxyl groups is 1. The molecule has 1 fully saturated rings. The average molecular weight is 725 g/mol. The molecule has 0 saturated carbocycles. The van der Waals surface area contributed by atoms with Crippen LogP contribution >= 0.6 is 34.8 Å². The Kier molecular flexibility index (Phi) is 16.7. The molecule has 2 N–H and O–H groups in total. The molecule has 1 saturated heterocycles. The Hall–Kier alpha value is -2.44. The van der Waals surface area contributed by atoms with Gasteiger partial charge >= 0.3 is 6.09 Å². The summed E-state index contributed by atoms with van der Waals surface area (Å²) in [6.07, 6.45) is -0.840. The zero-order valence-electron chi connectivity index (χ0n) is 26.8. The number of hydrogen-bond acceptors (Lipinski definition) is 8. The highest BCUT2D eigenvalue weighted by Crippen LogP contribution is 2.31. The summed E-state index contributed by atoms with van der Waals surface area (Å²) in [6, 6.07) is 29.6. The van der Waals surface area contributed by atoms with Gasteiger partial charge in [0.2, 0.25) is 3.79 Å². The van der Waals surface area contributed by atoms with Gasteiger partial charge in [0.1, 0.15) is 31.0 Å². The van der Waals surface area contributed by atoms with E-state index in [1.807, 2.05) is 91.0 Å². The Morgan fingerprint density at radius 1 is 0.688 bits per heavy atom. The van der Waals surface area contributed by atoms with Crippen LogP contribution in [0.5, 0.6) is 0 Å². The van der Waals surface area contributed by atoms with Gasteiger partial charge in [-0.3, -0.25) is 0 Å². The minimum absolute atomic E-state index is 0.285. The first-order chi connectivity index (χ1) is 23.3. The van der Waals surface area contributed by atoms with E-state index in [-0.39, 0.29) is 13.2 Å². The maximum absolute atomic E-state index is 11.7. The lowest BCUT2D eigenvalue weighted by Gasteiger charge is -2.45. The first kappa shape index (κ1) is 38.4. The van der Waals surface area contributed by atoms with Gasteiger partial charge in [-0.1, -0.05) is 139 Å². The molecule has 48 heavy (non-hydrogen) atoms. The van der Waals surface area contributed by atoms with Crippen molar-refractivity contribution in [2.24, 2.45) is 0 Å². The highest BCUT2D eigenvalue weighted by atomic mass is 35.6. The molecule has 9 nitrogen and oxygen atoms in total. The molecular weight excluding hydrogens is 681 g/mol. The summed E-state index contributed by atoms with van der Waals surface area (Å²) >= 11 is 16.8. The predicted molar refractivity (Wildman–Crippen MR) is 185 cm³/mol. The van der Waals surface area contributed by atoms with Crippen LogP contribution in [0.1, 0.15) is 42.4 Å². The van der Waals surface area contributed by atoms with E-state index in [1.54, 1.807) is 0 Å². The van der Waals surface area contributed by atoms with Crippen LogP contribution in [0.25, 0.3) is 0 Å². The van der Waals surface area contributed by atoms with Crippen molar-refractivity contribution < 1.29 is 38.3 Å². The summed E-state index contributed by atoms with van der Waals surface area (Å²) in [5.74, 6) is 0. The number of halogens is 3. The molecule has 0 radical (unpaired) electrons. The molecule has 1 amide bonds. The lowest BCUT2D eigenvalue weighted by atomic mass is 9.98. The Morgan fingerprint density at radius 2 is 1.19 bits per heavy atom. The number of benzene rings is 3. The molecule has 12 heteroatoms. The zero-order chi connectivity index (χ0) is 34.0. The van der Waals surface area contributed by atoms with Crippen molar-refractivity contribution in [1.29, 1.82) is 0 Å². The molecule has 1 heterocycles. The number of hydrogen-bond donors (Lipinski definition) is 2. The molecule has 0 spiro atoms. The van der Waals surface area contributed by atoms with Crippen LogP contribution in [-0.4, -0.2) is 72.1 Å². The van der Waals surface area contributed by atoms with Crippen molar-refractivity contribution in [1.82, 2.24) is 5.32 Å². The number of alkyl carbamates (subject to hydrolysis) is 1. The number of aliphatic hydroxyl groups excluding tert-OH is 1. The summed E-state index contributed by atoms with van der Waals surface area (Å²) in [5, 5.41) is 13.1. The van der Waals surface area contributed by atoms with Gasteiger partial charge in [-0.15, -0.1) is 0 Å². The molecule has 0 bridgehead atoms. The number of alkyl halides is 3. The van der Waals surface area contributed by atoms with Gasteiger partial charge in [0.05, 0.1) is 26.4 Å². The minimum Gasteiger partial charge on any atom is -0.445 e. The fraction of sp³-hybridized carbons (Fsp3) is 0.472. The summed E-state index contributed by atoms with van der Waals surface area (Å²) < 4.78 is 35.4. The van der Waals surface area contributed by atoms with E-state index >= 15 is 0 Å². The Balaban J connectivity index is 1.38. The van der Waals surface area contributed by atoms with Crippen LogP contribution in [-0.2, 0) is 48.2 Å². The van der Waals surface area contributed by atoms with Crippen molar-refractivity contribution in [2.75, 3.05) is 26.4 Å². The zero-order valence-corrected chi connectivity index (χ0v) is 29.0. The fourth-order valence-electron chi connectivity index (χ4n) is 5.20.